The van der Waals surface area contributed by atoms with Gasteiger partial charge < -0.3 is 5.21 Å². The normalized spacial score (nSPS) is 9.90. The van der Waals surface area contributed by atoms with Crippen LogP contribution in [-0.2, 0) is 0 Å². The predicted octanol–water partition coefficient (Wildman–Crippen LogP) is 2.15. The molecule has 1 rings (SSSR count). The van der Waals surface area contributed by atoms with Crippen LogP contribution in [0.4, 0.5) is 0 Å². The van der Waals surface area contributed by atoms with Crippen LogP contribution < -0.4 is 4.73 Å². The van der Waals surface area contributed by atoms with Crippen molar-refractivity contribution in [3.63, 3.8) is 0 Å². The Morgan fingerprint density at radius 1 is 1.40 bits per heavy atom. The summed E-state index contributed by atoms with van der Waals surface area (Å²) in [6.45, 7) is 1.75. The molecule has 2 nitrogen and oxygen atoms in total. The summed E-state index contributed by atoms with van der Waals surface area (Å²) in [5.41, 5.74) is 0.668. The molecule has 1 heterocycles. The fraction of sp³-hybridized carbons (Fsp3) is 0.167. The summed E-state index contributed by atoms with van der Waals surface area (Å²) in [4.78, 5) is 0. The van der Waals surface area contributed by atoms with Gasteiger partial charge in [-0.15, -0.1) is 0 Å². The topological polar surface area (TPSA) is 26.9 Å². The summed E-state index contributed by atoms with van der Waals surface area (Å²) in [7, 11) is 0. The van der Waals surface area contributed by atoms with E-state index in [2.05, 4.69) is 31.9 Å². The number of aromatic nitrogens is 1. The van der Waals surface area contributed by atoms with Gasteiger partial charge in [-0.2, -0.15) is 4.73 Å². The van der Waals surface area contributed by atoms with Crippen LogP contribution in [0.2, 0.25) is 0 Å². The number of pyridine rings is 1. The Hall–Kier alpha value is -0.0900. The molecule has 10 heavy (non-hydrogen) atoms. The SMILES string of the molecule is Cc1cc(Br)cc(Br)[n+]1[O-]. The van der Waals surface area contributed by atoms with Gasteiger partial charge in [-0.05, 0) is 0 Å². The average molecular weight is 267 g/mol. The Morgan fingerprint density at radius 3 is 2.50 bits per heavy atom. The molecule has 0 atom stereocenters. The molecular formula is C6H5Br2NO. The molecule has 0 spiro atoms. The Labute approximate surface area is 75.7 Å². The highest BCUT2D eigenvalue weighted by molar-refractivity contribution is 9.11. The van der Waals surface area contributed by atoms with Crippen molar-refractivity contribution >= 4 is 31.9 Å². The van der Waals surface area contributed by atoms with Crippen LogP contribution >= 0.6 is 31.9 Å². The highest BCUT2D eigenvalue weighted by atomic mass is 79.9. The number of aryl methyl sites for hydroxylation is 1. The van der Waals surface area contributed by atoms with E-state index in [-0.39, 0.29) is 0 Å². The minimum Gasteiger partial charge on any atom is -0.618 e. The number of hydrogen-bond donors (Lipinski definition) is 0. The van der Waals surface area contributed by atoms with E-state index in [0.29, 0.717) is 10.3 Å². The quantitative estimate of drug-likeness (QED) is 0.402. The molecule has 0 radical (unpaired) electrons. The third-order valence-corrected chi connectivity index (χ3v) is 2.13. The number of hydrogen-bond acceptors (Lipinski definition) is 1. The molecule has 0 saturated heterocycles. The fourth-order valence-corrected chi connectivity index (χ4v) is 2.02. The van der Waals surface area contributed by atoms with E-state index in [0.717, 1.165) is 9.20 Å². The molecule has 0 amide bonds. The summed E-state index contributed by atoms with van der Waals surface area (Å²) in [6.07, 6.45) is 0. The third-order valence-electron chi connectivity index (χ3n) is 1.12. The van der Waals surface area contributed by atoms with Crippen LogP contribution in [0.1, 0.15) is 5.69 Å². The van der Waals surface area contributed by atoms with Crippen molar-refractivity contribution in [2.75, 3.05) is 0 Å². The van der Waals surface area contributed by atoms with Gasteiger partial charge in [0.15, 0.2) is 5.69 Å². The molecule has 1 aromatic heterocycles. The van der Waals surface area contributed by atoms with E-state index in [1.54, 1.807) is 19.1 Å². The van der Waals surface area contributed by atoms with Crippen LogP contribution in [0.5, 0.6) is 0 Å². The summed E-state index contributed by atoms with van der Waals surface area (Å²) in [5.74, 6) is 0. The molecule has 0 bridgehead atoms. The van der Waals surface area contributed by atoms with Crippen molar-refractivity contribution in [1.29, 1.82) is 0 Å². The van der Waals surface area contributed by atoms with E-state index >= 15 is 0 Å². The van der Waals surface area contributed by atoms with Crippen LogP contribution in [0.3, 0.4) is 0 Å². The lowest BCUT2D eigenvalue weighted by Gasteiger charge is -2.01. The van der Waals surface area contributed by atoms with E-state index in [9.17, 15) is 5.21 Å². The van der Waals surface area contributed by atoms with Gasteiger partial charge in [0.1, 0.15) is 0 Å². The smallest absolute Gasteiger partial charge is 0.260 e. The Kier molecular flexibility index (Phi) is 2.31. The van der Waals surface area contributed by atoms with Crippen LogP contribution in [-0.4, -0.2) is 0 Å². The van der Waals surface area contributed by atoms with Crippen molar-refractivity contribution in [3.05, 3.63) is 32.1 Å². The second-order valence-electron chi connectivity index (χ2n) is 1.93. The molecule has 0 aliphatic rings. The standard InChI is InChI=1S/C6H5Br2NO/c1-4-2-5(7)3-6(8)9(4)10/h2-3H,1H3. The molecule has 0 aromatic carbocycles. The second-order valence-corrected chi connectivity index (χ2v) is 3.66. The zero-order valence-electron chi connectivity index (χ0n) is 5.27. The maximum absolute atomic E-state index is 11.0. The van der Waals surface area contributed by atoms with Crippen molar-refractivity contribution in [2.24, 2.45) is 0 Å². The van der Waals surface area contributed by atoms with E-state index in [4.69, 9.17) is 0 Å². The molecule has 54 valence electrons. The van der Waals surface area contributed by atoms with Gasteiger partial charge in [-0.25, -0.2) is 0 Å². The molecule has 0 aliphatic heterocycles. The minimum atomic E-state index is 0.527. The summed E-state index contributed by atoms with van der Waals surface area (Å²) >= 11 is 6.38. The van der Waals surface area contributed by atoms with E-state index < -0.39 is 0 Å². The minimum absolute atomic E-state index is 0.527. The highest BCUT2D eigenvalue weighted by Crippen LogP contribution is 2.14. The molecule has 4 heteroatoms. The maximum Gasteiger partial charge on any atom is 0.260 e. The Balaban J connectivity index is 3.31. The van der Waals surface area contributed by atoms with Crippen LogP contribution in [0, 0.1) is 12.1 Å². The number of rotatable bonds is 0. The van der Waals surface area contributed by atoms with Gasteiger partial charge in [-0.1, -0.05) is 15.9 Å². The van der Waals surface area contributed by atoms with Gasteiger partial charge in [0.05, 0.1) is 0 Å². The lowest BCUT2D eigenvalue weighted by Crippen LogP contribution is -2.31. The van der Waals surface area contributed by atoms with Gasteiger partial charge in [0.2, 0.25) is 0 Å². The molecule has 1 aromatic rings. The van der Waals surface area contributed by atoms with Gasteiger partial charge in [0, 0.05) is 39.5 Å². The highest BCUT2D eigenvalue weighted by Gasteiger charge is 2.04. The molecule has 0 saturated carbocycles. The van der Waals surface area contributed by atoms with E-state index in [1.807, 2.05) is 0 Å². The van der Waals surface area contributed by atoms with Crippen molar-refractivity contribution in [3.8, 4) is 0 Å². The lowest BCUT2D eigenvalue weighted by molar-refractivity contribution is -0.624. The van der Waals surface area contributed by atoms with Gasteiger partial charge >= 0.3 is 0 Å². The molecule has 0 fully saturated rings. The monoisotopic (exact) mass is 265 g/mol. The molecule has 0 N–H and O–H groups in total. The number of nitrogens with zero attached hydrogens (tertiary/aromatic N) is 1. The Bertz CT molecular complexity index is 239. The zero-order chi connectivity index (χ0) is 7.72. The van der Waals surface area contributed by atoms with Gasteiger partial charge in [0.25, 0.3) is 4.60 Å². The van der Waals surface area contributed by atoms with Crippen molar-refractivity contribution < 1.29 is 4.73 Å². The van der Waals surface area contributed by atoms with Crippen molar-refractivity contribution in [1.82, 2.24) is 0 Å². The second kappa shape index (κ2) is 2.88. The molecule has 0 aliphatic carbocycles. The van der Waals surface area contributed by atoms with Crippen LogP contribution in [0.15, 0.2) is 21.2 Å². The maximum atomic E-state index is 11.0. The first-order chi connectivity index (χ1) is 4.61. The fourth-order valence-electron chi connectivity index (χ4n) is 0.641. The molecular weight excluding hydrogens is 262 g/mol. The summed E-state index contributed by atoms with van der Waals surface area (Å²) < 4.78 is 2.26. The third kappa shape index (κ3) is 1.49. The predicted molar refractivity (Wildman–Crippen MR) is 45.5 cm³/mol. The zero-order valence-corrected chi connectivity index (χ0v) is 8.44. The van der Waals surface area contributed by atoms with E-state index in [1.165, 1.54) is 0 Å². The number of halogens is 2. The Morgan fingerprint density at radius 2 is 2.00 bits per heavy atom. The van der Waals surface area contributed by atoms with Gasteiger partial charge in [-0.3, -0.25) is 0 Å². The molecule has 0 unspecified atom stereocenters. The lowest BCUT2D eigenvalue weighted by atomic mass is 10.4. The largest absolute Gasteiger partial charge is 0.618 e. The summed E-state index contributed by atoms with van der Waals surface area (Å²) in [6, 6.07) is 3.47. The van der Waals surface area contributed by atoms with Crippen molar-refractivity contribution in [2.45, 2.75) is 6.92 Å². The average Bonchev–Trinajstić information content (AvgIpc) is 1.82. The first-order valence-electron chi connectivity index (χ1n) is 2.66. The first-order valence-corrected chi connectivity index (χ1v) is 4.25. The van der Waals surface area contributed by atoms with Crippen LogP contribution in [0.25, 0.3) is 0 Å². The first kappa shape index (κ1) is 8.01. The summed E-state index contributed by atoms with van der Waals surface area (Å²) in [5, 5.41) is 11.0.